The van der Waals surface area contributed by atoms with Crippen molar-refractivity contribution in [1.82, 2.24) is 0 Å². The van der Waals surface area contributed by atoms with Crippen molar-refractivity contribution in [2.75, 3.05) is 0 Å². The van der Waals surface area contributed by atoms with Gasteiger partial charge in [0.05, 0.1) is 6.42 Å². The van der Waals surface area contributed by atoms with Crippen LogP contribution in [0.5, 0.6) is 0 Å². The van der Waals surface area contributed by atoms with E-state index in [0.717, 1.165) is 0 Å². The van der Waals surface area contributed by atoms with Gasteiger partial charge in [-0.3, -0.25) is 4.79 Å². The second kappa shape index (κ2) is 17.3. The van der Waals surface area contributed by atoms with Crippen LogP contribution in [0, 0.1) is 0 Å². The van der Waals surface area contributed by atoms with E-state index in [4.69, 9.17) is 15.3 Å². The Morgan fingerprint density at radius 2 is 1.31 bits per heavy atom. The molecule has 0 aliphatic heterocycles. The summed E-state index contributed by atoms with van der Waals surface area (Å²) in [6.07, 6.45) is -2.54. The molecule has 0 aliphatic rings. The van der Waals surface area contributed by atoms with Crippen molar-refractivity contribution in [1.29, 1.82) is 0 Å². The molecule has 60 valence electrons. The Morgan fingerprint density at radius 1 is 1.00 bits per heavy atom. The quantitative estimate of drug-likeness (QED) is 0.434. The molecule has 0 heterocycles. The fourth-order valence-electron chi connectivity index (χ4n) is 0.253. The zero-order valence-electron chi connectivity index (χ0n) is 4.44. The van der Waals surface area contributed by atoms with Crippen molar-refractivity contribution in [3.05, 3.63) is 0 Å². The minimum atomic E-state index is -1.79. The summed E-state index contributed by atoms with van der Waals surface area (Å²) in [7, 11) is 0. The van der Waals surface area contributed by atoms with Crippen LogP contribution >= 0.6 is 0 Å². The Morgan fingerprint density at radius 3 is 1.38 bits per heavy atom. The Kier molecular flexibility index (Phi) is 39.5. The predicted molar refractivity (Wildman–Crippen MR) is 54.5 cm³/mol. The maximum absolute atomic E-state index is 9.72. The van der Waals surface area contributed by atoms with E-state index in [0.29, 0.717) is 0 Å². The standard InChI is InChI=1S/C4H6O5.4Na.4H/c5-2(4(8)9)1-3(6)7;;;;;;;;/h2,5H,1H2,(H,6,7)(H,8,9);;;;;;;;. The van der Waals surface area contributed by atoms with Crippen LogP contribution < -0.4 is 0 Å². The molecule has 1 atom stereocenters. The Bertz CT molecular complexity index is 140. The fourth-order valence-corrected chi connectivity index (χ4v) is 0.253. The number of aliphatic hydroxyl groups excluding tert-OH is 1. The number of hydrogen-bond donors (Lipinski definition) is 3. The van der Waals surface area contributed by atoms with Gasteiger partial charge < -0.3 is 15.3 Å². The summed E-state index contributed by atoms with van der Waals surface area (Å²) < 4.78 is 0. The second-order valence-corrected chi connectivity index (χ2v) is 1.45. The van der Waals surface area contributed by atoms with Crippen LogP contribution in [0.2, 0.25) is 0 Å². The molecule has 0 amide bonds. The molecule has 9 heteroatoms. The zero-order valence-corrected chi connectivity index (χ0v) is 4.44. The first-order valence-electron chi connectivity index (χ1n) is 2.16. The molecule has 13 heavy (non-hydrogen) atoms. The Labute approximate surface area is 164 Å². The fraction of sp³-hybridized carbons (Fsp3) is 0.500. The molecule has 0 radical (unpaired) electrons. The molecular formula is C4H10Na4O5. The molecule has 0 fully saturated rings. The van der Waals surface area contributed by atoms with E-state index in [1.807, 2.05) is 0 Å². The molecule has 0 aromatic rings. The van der Waals surface area contributed by atoms with Gasteiger partial charge in [0.15, 0.2) is 6.10 Å². The van der Waals surface area contributed by atoms with Gasteiger partial charge >= 0.3 is 130 Å². The monoisotopic (exact) mass is 230 g/mol. The van der Waals surface area contributed by atoms with Gasteiger partial charge in [0.2, 0.25) is 0 Å². The second-order valence-electron chi connectivity index (χ2n) is 1.45. The number of carboxylic acid groups (broad SMARTS) is 2. The molecule has 5 nitrogen and oxygen atoms in total. The van der Waals surface area contributed by atoms with Crippen LogP contribution in [0.1, 0.15) is 6.42 Å². The van der Waals surface area contributed by atoms with Crippen molar-refractivity contribution in [2.45, 2.75) is 12.5 Å². The van der Waals surface area contributed by atoms with Gasteiger partial charge in [0.25, 0.3) is 0 Å². The van der Waals surface area contributed by atoms with E-state index in [9.17, 15) is 9.59 Å². The van der Waals surface area contributed by atoms with Crippen LogP contribution in [-0.2, 0) is 9.59 Å². The average molecular weight is 230 g/mol. The van der Waals surface area contributed by atoms with Gasteiger partial charge in [-0.25, -0.2) is 4.79 Å². The van der Waals surface area contributed by atoms with Gasteiger partial charge in [0, 0.05) is 0 Å². The molecule has 0 rings (SSSR count). The van der Waals surface area contributed by atoms with E-state index in [2.05, 4.69) is 0 Å². The van der Waals surface area contributed by atoms with Crippen molar-refractivity contribution in [3.8, 4) is 0 Å². The van der Waals surface area contributed by atoms with Crippen molar-refractivity contribution >= 4 is 130 Å². The molecule has 1 unspecified atom stereocenters. The summed E-state index contributed by atoms with van der Waals surface area (Å²) in [6, 6.07) is 0. The summed E-state index contributed by atoms with van der Waals surface area (Å²) in [5.41, 5.74) is 0. The Balaban J connectivity index is -0.0000000533. The molecule has 0 saturated heterocycles. The zero-order chi connectivity index (χ0) is 7.44. The van der Waals surface area contributed by atoms with Crippen LogP contribution in [0.25, 0.3) is 0 Å². The molecule has 0 bridgehead atoms. The predicted octanol–water partition coefficient (Wildman–Crippen LogP) is -3.69. The van der Waals surface area contributed by atoms with Gasteiger partial charge in [-0.05, 0) is 0 Å². The molecular weight excluding hydrogens is 220 g/mol. The third-order valence-electron chi connectivity index (χ3n) is 0.653. The molecule has 0 spiro atoms. The van der Waals surface area contributed by atoms with Gasteiger partial charge in [-0.15, -0.1) is 0 Å². The third kappa shape index (κ3) is 20.9. The molecule has 0 aromatic carbocycles. The van der Waals surface area contributed by atoms with Gasteiger partial charge in [-0.2, -0.15) is 0 Å². The van der Waals surface area contributed by atoms with Crippen LogP contribution in [0.3, 0.4) is 0 Å². The Hall–Kier alpha value is 2.90. The molecule has 0 aromatic heterocycles. The van der Waals surface area contributed by atoms with E-state index in [-0.39, 0.29) is 118 Å². The summed E-state index contributed by atoms with van der Waals surface area (Å²) >= 11 is 0. The first kappa shape index (κ1) is 29.7. The number of carboxylic acids is 2. The number of aliphatic carboxylic acids is 2. The topological polar surface area (TPSA) is 94.8 Å². The first-order valence-corrected chi connectivity index (χ1v) is 2.16. The van der Waals surface area contributed by atoms with Gasteiger partial charge in [-0.1, -0.05) is 0 Å². The maximum atomic E-state index is 9.72. The van der Waals surface area contributed by atoms with E-state index >= 15 is 0 Å². The number of carbonyl (C=O) groups is 2. The third-order valence-corrected chi connectivity index (χ3v) is 0.653. The van der Waals surface area contributed by atoms with Crippen molar-refractivity contribution in [2.24, 2.45) is 0 Å². The molecule has 0 saturated carbocycles. The SMILES string of the molecule is O=C(O)CC(O)C(=O)O.[NaH].[NaH].[NaH].[NaH]. The molecule has 3 N–H and O–H groups in total. The summed E-state index contributed by atoms with van der Waals surface area (Å²) in [5.74, 6) is -2.85. The normalized spacial score (nSPS) is 8.69. The van der Waals surface area contributed by atoms with E-state index in [1.54, 1.807) is 0 Å². The minimum absolute atomic E-state index is 0. The van der Waals surface area contributed by atoms with E-state index < -0.39 is 24.5 Å². The first-order chi connectivity index (χ1) is 4.04. The summed E-state index contributed by atoms with van der Waals surface area (Å²) in [6.45, 7) is 0. The number of aliphatic hydroxyl groups is 1. The summed E-state index contributed by atoms with van der Waals surface area (Å²) in [5, 5.41) is 24.1. The van der Waals surface area contributed by atoms with Crippen molar-refractivity contribution in [3.63, 3.8) is 0 Å². The van der Waals surface area contributed by atoms with Crippen LogP contribution in [0.15, 0.2) is 0 Å². The number of hydrogen-bond acceptors (Lipinski definition) is 3. The molecule has 0 aliphatic carbocycles. The van der Waals surface area contributed by atoms with Crippen LogP contribution in [-0.4, -0.2) is 152 Å². The summed E-state index contributed by atoms with van der Waals surface area (Å²) in [4.78, 5) is 19.4. The van der Waals surface area contributed by atoms with Crippen molar-refractivity contribution < 1.29 is 24.9 Å². The van der Waals surface area contributed by atoms with Gasteiger partial charge in [0.1, 0.15) is 0 Å². The average Bonchev–Trinajstić information content (AvgIpc) is 1.63. The number of rotatable bonds is 3. The van der Waals surface area contributed by atoms with Crippen LogP contribution in [0.4, 0.5) is 0 Å². The van der Waals surface area contributed by atoms with E-state index in [1.165, 1.54) is 0 Å².